The summed E-state index contributed by atoms with van der Waals surface area (Å²) >= 11 is 0. The molecule has 0 bridgehead atoms. The molecule has 1 aromatic rings. The lowest BCUT2D eigenvalue weighted by Crippen LogP contribution is -2.26. The SMILES string of the molecule is CNCC(C)Oc1ccc(C)cc1OC. The molecule has 0 amide bonds. The van der Waals surface area contributed by atoms with Gasteiger partial charge in [-0.25, -0.2) is 0 Å². The maximum absolute atomic E-state index is 5.74. The highest BCUT2D eigenvalue weighted by Crippen LogP contribution is 2.28. The van der Waals surface area contributed by atoms with E-state index in [2.05, 4.69) is 5.32 Å². The van der Waals surface area contributed by atoms with Gasteiger partial charge >= 0.3 is 0 Å². The van der Waals surface area contributed by atoms with Crippen molar-refractivity contribution in [3.63, 3.8) is 0 Å². The second-order valence-electron chi connectivity index (χ2n) is 3.64. The standard InChI is InChI=1S/C12H19NO2/c1-9-5-6-11(12(7-9)14-4)15-10(2)8-13-3/h5-7,10,13H,8H2,1-4H3. The van der Waals surface area contributed by atoms with E-state index in [1.165, 1.54) is 5.56 Å². The lowest BCUT2D eigenvalue weighted by Gasteiger charge is -2.16. The number of likely N-dealkylation sites (N-methyl/N-ethyl adjacent to an activating group) is 1. The summed E-state index contributed by atoms with van der Waals surface area (Å²) in [5.41, 5.74) is 1.17. The van der Waals surface area contributed by atoms with Crippen LogP contribution in [0.3, 0.4) is 0 Å². The Morgan fingerprint density at radius 2 is 2.07 bits per heavy atom. The minimum absolute atomic E-state index is 0.131. The number of rotatable bonds is 5. The molecule has 0 aromatic heterocycles. The number of aryl methyl sites for hydroxylation is 1. The number of hydrogen-bond acceptors (Lipinski definition) is 3. The highest BCUT2D eigenvalue weighted by atomic mass is 16.5. The van der Waals surface area contributed by atoms with Crippen molar-refractivity contribution < 1.29 is 9.47 Å². The zero-order valence-corrected chi connectivity index (χ0v) is 9.83. The van der Waals surface area contributed by atoms with Gasteiger partial charge in [0.25, 0.3) is 0 Å². The Morgan fingerprint density at radius 1 is 1.33 bits per heavy atom. The Kier molecular flexibility index (Phi) is 4.43. The van der Waals surface area contributed by atoms with Crippen molar-refractivity contribution >= 4 is 0 Å². The summed E-state index contributed by atoms with van der Waals surface area (Å²) in [6.07, 6.45) is 0.131. The van der Waals surface area contributed by atoms with Crippen molar-refractivity contribution in [1.82, 2.24) is 5.32 Å². The van der Waals surface area contributed by atoms with Crippen LogP contribution in [-0.4, -0.2) is 26.8 Å². The van der Waals surface area contributed by atoms with Crippen LogP contribution in [0.15, 0.2) is 18.2 Å². The van der Waals surface area contributed by atoms with Gasteiger partial charge in [-0.2, -0.15) is 0 Å². The highest BCUT2D eigenvalue weighted by molar-refractivity contribution is 5.42. The number of hydrogen-bond donors (Lipinski definition) is 1. The van der Waals surface area contributed by atoms with E-state index in [0.717, 1.165) is 18.0 Å². The predicted molar refractivity (Wildman–Crippen MR) is 61.7 cm³/mol. The monoisotopic (exact) mass is 209 g/mol. The smallest absolute Gasteiger partial charge is 0.161 e. The Hall–Kier alpha value is -1.22. The average Bonchev–Trinajstić information content (AvgIpc) is 2.21. The van der Waals surface area contributed by atoms with Gasteiger partial charge in [-0.05, 0) is 38.6 Å². The summed E-state index contributed by atoms with van der Waals surface area (Å²) < 4.78 is 11.0. The molecule has 0 fully saturated rings. The molecule has 15 heavy (non-hydrogen) atoms. The van der Waals surface area contributed by atoms with E-state index in [0.29, 0.717) is 0 Å². The normalized spacial score (nSPS) is 12.3. The molecule has 0 saturated carbocycles. The van der Waals surface area contributed by atoms with Gasteiger partial charge in [0, 0.05) is 6.54 Å². The van der Waals surface area contributed by atoms with Gasteiger partial charge in [-0.15, -0.1) is 0 Å². The van der Waals surface area contributed by atoms with Gasteiger partial charge in [0.1, 0.15) is 6.10 Å². The van der Waals surface area contributed by atoms with Gasteiger partial charge in [0.2, 0.25) is 0 Å². The van der Waals surface area contributed by atoms with Crippen LogP contribution in [0.1, 0.15) is 12.5 Å². The van der Waals surface area contributed by atoms with Crippen LogP contribution < -0.4 is 14.8 Å². The first-order chi connectivity index (χ1) is 7.17. The number of nitrogens with one attached hydrogen (secondary N) is 1. The molecular weight excluding hydrogens is 190 g/mol. The molecule has 84 valence electrons. The highest BCUT2D eigenvalue weighted by Gasteiger charge is 2.08. The Labute approximate surface area is 91.4 Å². The first-order valence-electron chi connectivity index (χ1n) is 5.13. The summed E-state index contributed by atoms with van der Waals surface area (Å²) in [5, 5.41) is 3.07. The summed E-state index contributed by atoms with van der Waals surface area (Å²) in [7, 11) is 3.57. The minimum Gasteiger partial charge on any atom is -0.493 e. The molecule has 1 aromatic carbocycles. The third-order valence-corrected chi connectivity index (χ3v) is 2.14. The fourth-order valence-corrected chi connectivity index (χ4v) is 1.42. The van der Waals surface area contributed by atoms with Gasteiger partial charge in [0.05, 0.1) is 7.11 Å². The van der Waals surface area contributed by atoms with Crippen LogP contribution in [0.5, 0.6) is 11.5 Å². The topological polar surface area (TPSA) is 30.5 Å². The van der Waals surface area contributed by atoms with Crippen LogP contribution in [0.25, 0.3) is 0 Å². The third-order valence-electron chi connectivity index (χ3n) is 2.14. The summed E-state index contributed by atoms with van der Waals surface area (Å²) in [6, 6.07) is 5.94. The van der Waals surface area contributed by atoms with E-state index in [-0.39, 0.29) is 6.10 Å². The van der Waals surface area contributed by atoms with Crippen molar-refractivity contribution in [2.24, 2.45) is 0 Å². The molecular formula is C12H19NO2. The van der Waals surface area contributed by atoms with Crippen LogP contribution >= 0.6 is 0 Å². The zero-order valence-electron chi connectivity index (χ0n) is 9.83. The molecule has 0 radical (unpaired) electrons. The first kappa shape index (κ1) is 11.9. The Morgan fingerprint density at radius 3 is 2.67 bits per heavy atom. The van der Waals surface area contributed by atoms with Gasteiger partial charge in [0.15, 0.2) is 11.5 Å². The lowest BCUT2D eigenvalue weighted by molar-refractivity contribution is 0.210. The van der Waals surface area contributed by atoms with Gasteiger partial charge in [-0.1, -0.05) is 6.07 Å². The van der Waals surface area contributed by atoms with Crippen molar-refractivity contribution in [1.29, 1.82) is 0 Å². The van der Waals surface area contributed by atoms with Gasteiger partial charge < -0.3 is 14.8 Å². The van der Waals surface area contributed by atoms with E-state index in [9.17, 15) is 0 Å². The van der Waals surface area contributed by atoms with Crippen molar-refractivity contribution in [3.8, 4) is 11.5 Å². The number of benzene rings is 1. The third kappa shape index (κ3) is 3.44. The molecule has 0 aliphatic rings. The van der Waals surface area contributed by atoms with Crippen LogP contribution in [0, 0.1) is 6.92 Å². The molecule has 3 heteroatoms. The molecule has 0 heterocycles. The molecule has 0 aliphatic heterocycles. The Balaban J connectivity index is 2.75. The molecule has 0 aliphatic carbocycles. The maximum atomic E-state index is 5.74. The molecule has 1 N–H and O–H groups in total. The van der Waals surface area contributed by atoms with Crippen molar-refractivity contribution in [3.05, 3.63) is 23.8 Å². The summed E-state index contributed by atoms with van der Waals surface area (Å²) in [4.78, 5) is 0. The van der Waals surface area contributed by atoms with E-state index in [4.69, 9.17) is 9.47 Å². The minimum atomic E-state index is 0.131. The van der Waals surface area contributed by atoms with E-state index in [1.54, 1.807) is 7.11 Å². The van der Waals surface area contributed by atoms with Crippen LogP contribution in [0.2, 0.25) is 0 Å². The number of ether oxygens (including phenoxy) is 2. The zero-order chi connectivity index (χ0) is 11.3. The maximum Gasteiger partial charge on any atom is 0.161 e. The lowest BCUT2D eigenvalue weighted by atomic mass is 10.2. The quantitative estimate of drug-likeness (QED) is 0.804. The molecule has 1 rings (SSSR count). The fourth-order valence-electron chi connectivity index (χ4n) is 1.42. The summed E-state index contributed by atoms with van der Waals surface area (Å²) in [5.74, 6) is 1.59. The summed E-state index contributed by atoms with van der Waals surface area (Å²) in [6.45, 7) is 4.87. The van der Waals surface area contributed by atoms with Crippen molar-refractivity contribution in [2.75, 3.05) is 20.7 Å². The fraction of sp³-hybridized carbons (Fsp3) is 0.500. The van der Waals surface area contributed by atoms with E-state index < -0.39 is 0 Å². The van der Waals surface area contributed by atoms with E-state index in [1.807, 2.05) is 39.1 Å². The molecule has 1 unspecified atom stereocenters. The second kappa shape index (κ2) is 5.61. The Bertz CT molecular complexity index is 312. The van der Waals surface area contributed by atoms with E-state index >= 15 is 0 Å². The molecule has 3 nitrogen and oxygen atoms in total. The van der Waals surface area contributed by atoms with Crippen LogP contribution in [0.4, 0.5) is 0 Å². The molecule has 0 saturated heterocycles. The largest absolute Gasteiger partial charge is 0.493 e. The molecule has 0 spiro atoms. The number of methoxy groups -OCH3 is 1. The second-order valence-corrected chi connectivity index (χ2v) is 3.64. The van der Waals surface area contributed by atoms with Crippen molar-refractivity contribution in [2.45, 2.75) is 20.0 Å². The van der Waals surface area contributed by atoms with Crippen LogP contribution in [-0.2, 0) is 0 Å². The first-order valence-corrected chi connectivity index (χ1v) is 5.13. The molecule has 1 atom stereocenters. The predicted octanol–water partition coefficient (Wildman–Crippen LogP) is 1.99. The average molecular weight is 209 g/mol. The van der Waals surface area contributed by atoms with Gasteiger partial charge in [-0.3, -0.25) is 0 Å².